The monoisotopic (exact) mass is 248 g/mol. The van der Waals surface area contributed by atoms with Gasteiger partial charge in [0.25, 0.3) is 5.89 Å². The molecule has 0 spiro atoms. The van der Waals surface area contributed by atoms with Gasteiger partial charge in [-0.3, -0.25) is 15.2 Å². The van der Waals surface area contributed by atoms with E-state index in [1.807, 2.05) is 0 Å². The summed E-state index contributed by atoms with van der Waals surface area (Å²) in [6, 6.07) is 2.57. The minimum absolute atomic E-state index is 0.0227. The molecule has 10 heteroatoms. The number of furan rings is 1. The van der Waals surface area contributed by atoms with Crippen molar-refractivity contribution in [2.24, 2.45) is 0 Å². The molecule has 0 amide bonds. The Morgan fingerprint density at radius 2 is 2.28 bits per heavy atom. The molecule has 0 bridgehead atoms. The number of H-pyrrole nitrogens is 1. The van der Waals surface area contributed by atoms with Gasteiger partial charge in [-0.25, -0.2) is 4.98 Å². The number of hydrogen-bond donors (Lipinski definition) is 1. The lowest BCUT2D eigenvalue weighted by Crippen LogP contribution is -1.83. The van der Waals surface area contributed by atoms with E-state index in [0.717, 1.165) is 0 Å². The van der Waals surface area contributed by atoms with Crippen molar-refractivity contribution < 1.29 is 13.9 Å². The molecule has 10 nitrogen and oxygen atoms in total. The Morgan fingerprint density at radius 1 is 1.39 bits per heavy atom. The fourth-order valence-electron chi connectivity index (χ4n) is 1.27. The minimum Gasteiger partial charge on any atom is -0.395 e. The Labute approximate surface area is 97.8 Å². The third-order valence-corrected chi connectivity index (χ3v) is 2.04. The van der Waals surface area contributed by atoms with Gasteiger partial charge in [-0.15, -0.1) is 0 Å². The van der Waals surface area contributed by atoms with E-state index >= 15 is 0 Å². The van der Waals surface area contributed by atoms with Crippen LogP contribution in [0.5, 0.6) is 0 Å². The van der Waals surface area contributed by atoms with Crippen molar-refractivity contribution in [3.63, 3.8) is 0 Å². The predicted molar refractivity (Wildman–Crippen MR) is 54.0 cm³/mol. The molecule has 0 saturated carbocycles. The summed E-state index contributed by atoms with van der Waals surface area (Å²) < 4.78 is 9.82. The van der Waals surface area contributed by atoms with E-state index in [1.54, 1.807) is 0 Å². The highest BCUT2D eigenvalue weighted by molar-refractivity contribution is 5.51. The van der Waals surface area contributed by atoms with E-state index < -0.39 is 10.8 Å². The molecule has 0 fully saturated rings. The lowest BCUT2D eigenvalue weighted by Gasteiger charge is -1.84. The normalized spacial score (nSPS) is 10.7. The minimum atomic E-state index is -0.656. The van der Waals surface area contributed by atoms with Crippen molar-refractivity contribution in [3.8, 4) is 23.3 Å². The lowest BCUT2D eigenvalue weighted by molar-refractivity contribution is -0.401. The average Bonchev–Trinajstić information content (AvgIpc) is 3.10. The van der Waals surface area contributed by atoms with Gasteiger partial charge in [0, 0.05) is 0 Å². The Balaban J connectivity index is 1.95. The van der Waals surface area contributed by atoms with Crippen molar-refractivity contribution in [2.75, 3.05) is 0 Å². The smallest absolute Gasteiger partial charge is 0.395 e. The zero-order valence-corrected chi connectivity index (χ0v) is 8.60. The summed E-state index contributed by atoms with van der Waals surface area (Å²) in [5, 5.41) is 20.3. The van der Waals surface area contributed by atoms with Crippen LogP contribution < -0.4 is 0 Å². The highest BCUT2D eigenvalue weighted by Gasteiger charge is 2.19. The fourth-order valence-corrected chi connectivity index (χ4v) is 1.27. The highest BCUT2D eigenvalue weighted by Crippen LogP contribution is 2.25. The number of nitro groups is 1. The Morgan fingerprint density at radius 3 is 2.94 bits per heavy atom. The van der Waals surface area contributed by atoms with Crippen LogP contribution in [0, 0.1) is 10.1 Å². The van der Waals surface area contributed by atoms with E-state index in [0.29, 0.717) is 5.82 Å². The van der Waals surface area contributed by atoms with Crippen LogP contribution in [-0.4, -0.2) is 30.2 Å². The Bertz CT molecular complexity index is 684. The molecule has 90 valence electrons. The molecule has 0 saturated heterocycles. The maximum Gasteiger partial charge on any atom is 0.433 e. The first-order valence-corrected chi connectivity index (χ1v) is 4.68. The second-order valence-corrected chi connectivity index (χ2v) is 3.15. The molecular formula is C8H4N6O4. The van der Waals surface area contributed by atoms with E-state index in [4.69, 9.17) is 8.94 Å². The third-order valence-electron chi connectivity index (χ3n) is 2.04. The largest absolute Gasteiger partial charge is 0.433 e. The van der Waals surface area contributed by atoms with Crippen molar-refractivity contribution in [1.29, 1.82) is 0 Å². The predicted octanol–water partition coefficient (Wildman–Crippen LogP) is 1.02. The molecule has 18 heavy (non-hydrogen) atoms. The van der Waals surface area contributed by atoms with Gasteiger partial charge in [0.2, 0.25) is 5.82 Å². The Hall–Kier alpha value is -3.04. The number of rotatable bonds is 3. The van der Waals surface area contributed by atoms with Crippen LogP contribution in [-0.2, 0) is 0 Å². The summed E-state index contributed by atoms with van der Waals surface area (Å²) in [7, 11) is 0. The molecule has 0 aliphatic rings. The topological polar surface area (TPSA) is 137 Å². The van der Waals surface area contributed by atoms with Crippen LogP contribution in [0.2, 0.25) is 0 Å². The zero-order valence-electron chi connectivity index (χ0n) is 8.60. The molecule has 0 aliphatic heterocycles. The van der Waals surface area contributed by atoms with E-state index in [2.05, 4.69) is 25.3 Å². The van der Waals surface area contributed by atoms with Gasteiger partial charge in [0.05, 0.1) is 6.07 Å². The molecule has 0 atom stereocenters. The molecule has 1 N–H and O–H groups in total. The zero-order chi connectivity index (χ0) is 12.5. The van der Waals surface area contributed by atoms with E-state index in [-0.39, 0.29) is 17.5 Å². The van der Waals surface area contributed by atoms with E-state index in [1.165, 1.54) is 18.5 Å². The summed E-state index contributed by atoms with van der Waals surface area (Å²) in [5.74, 6) is 0.242. The standard InChI is InChI=1S/C8H4N6O4/c15-14(16)5-2-1-4(17-5)8-11-7(13-18-8)6-9-3-10-12-6/h1-3H,(H,9,10,12). The van der Waals surface area contributed by atoms with Gasteiger partial charge in [0.1, 0.15) is 11.3 Å². The first kappa shape index (κ1) is 10.1. The number of hydrogen-bond acceptors (Lipinski definition) is 8. The molecule has 3 aromatic rings. The molecule has 3 heterocycles. The number of nitrogens with one attached hydrogen (secondary N) is 1. The van der Waals surface area contributed by atoms with Crippen LogP contribution >= 0.6 is 0 Å². The van der Waals surface area contributed by atoms with Crippen LogP contribution in [0.25, 0.3) is 23.3 Å². The average molecular weight is 248 g/mol. The summed E-state index contributed by atoms with van der Waals surface area (Å²) in [4.78, 5) is 17.6. The van der Waals surface area contributed by atoms with Crippen molar-refractivity contribution in [2.45, 2.75) is 0 Å². The van der Waals surface area contributed by atoms with Crippen LogP contribution in [0.4, 0.5) is 5.88 Å². The van der Waals surface area contributed by atoms with Gasteiger partial charge in [-0.2, -0.15) is 10.1 Å². The van der Waals surface area contributed by atoms with Gasteiger partial charge in [-0.1, -0.05) is 5.16 Å². The van der Waals surface area contributed by atoms with Crippen LogP contribution in [0.15, 0.2) is 27.4 Å². The molecule has 0 radical (unpaired) electrons. The SMILES string of the molecule is O=[N+]([O-])c1ccc(-c2nc(-c3ncn[nH]3)no2)o1. The quantitative estimate of drug-likeness (QED) is 0.535. The molecule has 3 aromatic heterocycles. The van der Waals surface area contributed by atoms with Crippen LogP contribution in [0.3, 0.4) is 0 Å². The van der Waals surface area contributed by atoms with Gasteiger partial charge in [0.15, 0.2) is 11.6 Å². The number of nitrogens with zero attached hydrogens (tertiary/aromatic N) is 5. The Kier molecular flexibility index (Phi) is 2.12. The first-order valence-electron chi connectivity index (χ1n) is 4.68. The summed E-state index contributed by atoms with van der Waals surface area (Å²) >= 11 is 0. The van der Waals surface area contributed by atoms with Gasteiger partial charge in [-0.05, 0) is 6.07 Å². The second kappa shape index (κ2) is 3.76. The van der Waals surface area contributed by atoms with Gasteiger partial charge >= 0.3 is 5.88 Å². The first-order chi connectivity index (χ1) is 8.74. The van der Waals surface area contributed by atoms with Crippen LogP contribution in [0.1, 0.15) is 0 Å². The lowest BCUT2D eigenvalue weighted by atomic mass is 10.4. The van der Waals surface area contributed by atoms with Crippen molar-refractivity contribution in [3.05, 3.63) is 28.6 Å². The molecule has 0 unspecified atom stereocenters. The van der Waals surface area contributed by atoms with Crippen molar-refractivity contribution in [1.82, 2.24) is 25.3 Å². The van der Waals surface area contributed by atoms with Gasteiger partial charge < -0.3 is 8.94 Å². The number of aromatic amines is 1. The third kappa shape index (κ3) is 1.61. The maximum atomic E-state index is 10.5. The highest BCUT2D eigenvalue weighted by atomic mass is 16.6. The molecule has 0 aromatic carbocycles. The number of aromatic nitrogens is 5. The summed E-state index contributed by atoms with van der Waals surface area (Å²) in [6.45, 7) is 0. The van der Waals surface area contributed by atoms with Crippen molar-refractivity contribution >= 4 is 5.88 Å². The molecule has 0 aliphatic carbocycles. The maximum absolute atomic E-state index is 10.5. The molecule has 3 rings (SSSR count). The molecular weight excluding hydrogens is 244 g/mol. The fraction of sp³-hybridized carbons (Fsp3) is 0. The second-order valence-electron chi connectivity index (χ2n) is 3.15. The summed E-state index contributed by atoms with van der Waals surface area (Å²) in [6.07, 6.45) is 1.29. The summed E-state index contributed by atoms with van der Waals surface area (Å²) in [5.41, 5.74) is 0. The van der Waals surface area contributed by atoms with E-state index in [9.17, 15) is 10.1 Å².